The van der Waals surface area contributed by atoms with Crippen LogP contribution in [0.3, 0.4) is 0 Å². The highest BCUT2D eigenvalue weighted by Crippen LogP contribution is 2.24. The van der Waals surface area contributed by atoms with E-state index in [4.69, 9.17) is 4.52 Å². The molecule has 0 radical (unpaired) electrons. The van der Waals surface area contributed by atoms with Gasteiger partial charge in [0.25, 0.3) is 5.91 Å². The Bertz CT molecular complexity index is 815. The van der Waals surface area contributed by atoms with Crippen LogP contribution >= 0.6 is 15.9 Å². The molecular formula is C18H15BrN2O2. The minimum atomic E-state index is -0.265. The predicted octanol–water partition coefficient (Wildman–Crippen LogP) is 4.60. The summed E-state index contributed by atoms with van der Waals surface area (Å²) >= 11 is 3.49. The lowest BCUT2D eigenvalue weighted by atomic mass is 10.1. The summed E-state index contributed by atoms with van der Waals surface area (Å²) < 4.78 is 6.22. The number of benzene rings is 2. The predicted molar refractivity (Wildman–Crippen MR) is 92.0 cm³/mol. The van der Waals surface area contributed by atoms with Crippen molar-refractivity contribution in [3.05, 3.63) is 76.4 Å². The number of aromatic nitrogens is 1. The first-order chi connectivity index (χ1) is 11.1. The van der Waals surface area contributed by atoms with Crippen LogP contribution in [0.25, 0.3) is 11.3 Å². The van der Waals surface area contributed by atoms with Crippen molar-refractivity contribution >= 4 is 21.8 Å². The molecule has 0 aliphatic carbocycles. The van der Waals surface area contributed by atoms with Crippen LogP contribution in [0, 0.1) is 0 Å². The minimum absolute atomic E-state index is 0.144. The van der Waals surface area contributed by atoms with Gasteiger partial charge in [0.2, 0.25) is 0 Å². The molecule has 0 saturated heterocycles. The maximum Gasteiger partial charge on any atom is 0.273 e. The number of halogens is 1. The molecule has 0 spiro atoms. The third-order valence-corrected chi connectivity index (χ3v) is 4.24. The van der Waals surface area contributed by atoms with E-state index < -0.39 is 0 Å². The number of hydrogen-bond acceptors (Lipinski definition) is 3. The van der Waals surface area contributed by atoms with E-state index in [1.165, 1.54) is 0 Å². The van der Waals surface area contributed by atoms with Gasteiger partial charge in [0.1, 0.15) is 0 Å². The molecule has 0 aliphatic heterocycles. The van der Waals surface area contributed by atoms with Gasteiger partial charge in [0, 0.05) is 16.1 Å². The maximum atomic E-state index is 12.3. The molecule has 4 nitrogen and oxygen atoms in total. The molecule has 1 N–H and O–H groups in total. The minimum Gasteiger partial charge on any atom is -0.355 e. The highest BCUT2D eigenvalue weighted by atomic mass is 79.9. The molecule has 1 atom stereocenters. The summed E-state index contributed by atoms with van der Waals surface area (Å²) in [5, 5.41) is 6.79. The van der Waals surface area contributed by atoms with Crippen LogP contribution in [0.5, 0.6) is 0 Å². The average molecular weight is 371 g/mol. The molecule has 0 saturated carbocycles. The van der Waals surface area contributed by atoms with Gasteiger partial charge in [-0.1, -0.05) is 69.6 Å². The Kier molecular flexibility index (Phi) is 4.57. The zero-order chi connectivity index (χ0) is 16.2. The average Bonchev–Trinajstić information content (AvgIpc) is 3.06. The molecule has 1 heterocycles. The van der Waals surface area contributed by atoms with Crippen LogP contribution < -0.4 is 5.32 Å². The van der Waals surface area contributed by atoms with Crippen LogP contribution in [-0.4, -0.2) is 11.1 Å². The van der Waals surface area contributed by atoms with Crippen LogP contribution in [0.2, 0.25) is 0 Å². The molecule has 1 amide bonds. The quantitative estimate of drug-likeness (QED) is 0.730. The van der Waals surface area contributed by atoms with E-state index in [9.17, 15) is 4.79 Å². The smallest absolute Gasteiger partial charge is 0.273 e. The van der Waals surface area contributed by atoms with Crippen LogP contribution in [0.4, 0.5) is 0 Å². The van der Waals surface area contributed by atoms with E-state index in [-0.39, 0.29) is 17.6 Å². The molecule has 0 aliphatic rings. The number of amides is 1. The van der Waals surface area contributed by atoms with Gasteiger partial charge >= 0.3 is 0 Å². The van der Waals surface area contributed by atoms with Gasteiger partial charge in [-0.3, -0.25) is 4.79 Å². The third-order valence-electron chi connectivity index (χ3n) is 3.52. The van der Waals surface area contributed by atoms with Crippen LogP contribution in [0.1, 0.15) is 29.0 Å². The Morgan fingerprint density at radius 2 is 1.83 bits per heavy atom. The van der Waals surface area contributed by atoms with E-state index in [1.54, 1.807) is 6.07 Å². The summed E-state index contributed by atoms with van der Waals surface area (Å²) in [5.41, 5.74) is 2.16. The number of nitrogens with one attached hydrogen (secondary N) is 1. The highest BCUT2D eigenvalue weighted by Gasteiger charge is 2.17. The van der Waals surface area contributed by atoms with Crippen molar-refractivity contribution in [3.8, 4) is 11.3 Å². The first kappa shape index (κ1) is 15.5. The largest absolute Gasteiger partial charge is 0.355 e. The van der Waals surface area contributed by atoms with Crippen molar-refractivity contribution in [2.75, 3.05) is 0 Å². The summed E-state index contributed by atoms with van der Waals surface area (Å²) in [4.78, 5) is 12.3. The highest BCUT2D eigenvalue weighted by molar-refractivity contribution is 9.10. The fourth-order valence-corrected chi connectivity index (χ4v) is 2.92. The number of nitrogens with zero attached hydrogens (tertiary/aromatic N) is 1. The standard InChI is InChI=1S/C18H15BrN2O2/c1-12(14-9-5-6-10-15(14)19)20-18(22)16-11-17(23-21-16)13-7-3-2-4-8-13/h2-12H,1H3,(H,20,22). The number of rotatable bonds is 4. The van der Waals surface area contributed by atoms with Gasteiger partial charge in [-0.25, -0.2) is 0 Å². The topological polar surface area (TPSA) is 55.1 Å². The van der Waals surface area contributed by atoms with Gasteiger partial charge in [0.05, 0.1) is 6.04 Å². The molecular weight excluding hydrogens is 356 g/mol. The van der Waals surface area contributed by atoms with Crippen molar-refractivity contribution in [2.45, 2.75) is 13.0 Å². The maximum absolute atomic E-state index is 12.3. The van der Waals surface area contributed by atoms with Gasteiger partial charge < -0.3 is 9.84 Å². The molecule has 2 aromatic carbocycles. The summed E-state index contributed by atoms with van der Waals surface area (Å²) in [7, 11) is 0. The monoisotopic (exact) mass is 370 g/mol. The normalized spacial score (nSPS) is 11.9. The molecule has 3 aromatic rings. The number of carbonyl (C=O) groups is 1. The van der Waals surface area contributed by atoms with Crippen molar-refractivity contribution < 1.29 is 9.32 Å². The summed E-state index contributed by atoms with van der Waals surface area (Å²) in [5.74, 6) is 0.309. The number of hydrogen-bond donors (Lipinski definition) is 1. The second kappa shape index (κ2) is 6.79. The Balaban J connectivity index is 1.74. The van der Waals surface area contributed by atoms with Gasteiger partial charge in [0.15, 0.2) is 11.5 Å². The Morgan fingerprint density at radius 3 is 2.57 bits per heavy atom. The van der Waals surface area contributed by atoms with E-state index >= 15 is 0 Å². The first-order valence-electron chi connectivity index (χ1n) is 7.22. The van der Waals surface area contributed by atoms with E-state index in [1.807, 2.05) is 61.5 Å². The molecule has 116 valence electrons. The second-order valence-corrected chi connectivity index (χ2v) is 6.01. The lowest BCUT2D eigenvalue weighted by Gasteiger charge is -2.14. The SMILES string of the molecule is CC(NC(=O)c1cc(-c2ccccc2)on1)c1ccccc1Br. The molecule has 23 heavy (non-hydrogen) atoms. The van der Waals surface area contributed by atoms with Crippen molar-refractivity contribution in [1.29, 1.82) is 0 Å². The molecule has 5 heteroatoms. The zero-order valence-electron chi connectivity index (χ0n) is 12.5. The fraction of sp³-hybridized carbons (Fsp3) is 0.111. The zero-order valence-corrected chi connectivity index (χ0v) is 14.1. The molecule has 0 bridgehead atoms. The summed E-state index contributed by atoms with van der Waals surface area (Å²) in [6.45, 7) is 1.93. The summed E-state index contributed by atoms with van der Waals surface area (Å²) in [6, 6.07) is 18.9. The van der Waals surface area contributed by atoms with E-state index in [2.05, 4.69) is 26.4 Å². The Labute approximate surface area is 142 Å². The lowest BCUT2D eigenvalue weighted by Crippen LogP contribution is -2.27. The van der Waals surface area contributed by atoms with E-state index in [0.29, 0.717) is 5.76 Å². The molecule has 1 aromatic heterocycles. The lowest BCUT2D eigenvalue weighted by molar-refractivity contribution is 0.0930. The Morgan fingerprint density at radius 1 is 1.13 bits per heavy atom. The third kappa shape index (κ3) is 3.51. The second-order valence-electron chi connectivity index (χ2n) is 5.16. The first-order valence-corrected chi connectivity index (χ1v) is 8.02. The van der Waals surface area contributed by atoms with Gasteiger partial charge in [-0.2, -0.15) is 0 Å². The molecule has 0 fully saturated rings. The van der Waals surface area contributed by atoms with E-state index in [0.717, 1.165) is 15.6 Å². The number of carbonyl (C=O) groups excluding carboxylic acids is 1. The fourth-order valence-electron chi connectivity index (χ4n) is 2.30. The van der Waals surface area contributed by atoms with Crippen molar-refractivity contribution in [1.82, 2.24) is 10.5 Å². The van der Waals surface area contributed by atoms with Crippen LogP contribution in [-0.2, 0) is 0 Å². The van der Waals surface area contributed by atoms with Crippen molar-refractivity contribution in [2.24, 2.45) is 0 Å². The summed E-state index contributed by atoms with van der Waals surface area (Å²) in [6.07, 6.45) is 0. The molecule has 1 unspecified atom stereocenters. The van der Waals surface area contributed by atoms with Gasteiger partial charge in [-0.15, -0.1) is 0 Å². The Hall–Kier alpha value is -2.40. The van der Waals surface area contributed by atoms with Crippen LogP contribution in [0.15, 0.2) is 69.7 Å². The van der Waals surface area contributed by atoms with Crippen molar-refractivity contribution in [3.63, 3.8) is 0 Å². The van der Waals surface area contributed by atoms with Gasteiger partial charge in [-0.05, 0) is 18.6 Å². The molecule has 3 rings (SSSR count).